The van der Waals surface area contributed by atoms with Crippen molar-refractivity contribution in [2.24, 2.45) is 28.9 Å². The predicted molar refractivity (Wildman–Crippen MR) is 51.8 cm³/mol. The normalized spacial score (nSPS) is 43.8. The molecule has 0 radical (unpaired) electrons. The number of nitrogens with two attached hydrogens (primary N) is 1. The van der Waals surface area contributed by atoms with Gasteiger partial charge >= 0.3 is 0 Å². The zero-order chi connectivity index (χ0) is 8.77. The molecular weight excluding hydrogens is 146 g/mol. The molecule has 3 unspecified atom stereocenters. The highest BCUT2D eigenvalue weighted by atomic mass is 14.7. The van der Waals surface area contributed by atoms with Gasteiger partial charge in [-0.2, -0.15) is 0 Å². The molecule has 70 valence electrons. The van der Waals surface area contributed by atoms with E-state index in [-0.39, 0.29) is 0 Å². The van der Waals surface area contributed by atoms with Crippen LogP contribution in [-0.4, -0.2) is 6.54 Å². The van der Waals surface area contributed by atoms with Gasteiger partial charge in [-0.25, -0.2) is 0 Å². The van der Waals surface area contributed by atoms with E-state index < -0.39 is 0 Å². The monoisotopic (exact) mass is 167 g/mol. The van der Waals surface area contributed by atoms with Gasteiger partial charge in [0.1, 0.15) is 0 Å². The van der Waals surface area contributed by atoms with Crippen LogP contribution in [0.5, 0.6) is 0 Å². The molecule has 3 atom stereocenters. The molecule has 1 nitrogen and oxygen atoms in total. The highest BCUT2D eigenvalue weighted by Crippen LogP contribution is 2.65. The average molecular weight is 167 g/mol. The summed E-state index contributed by atoms with van der Waals surface area (Å²) >= 11 is 0. The molecule has 0 saturated heterocycles. The van der Waals surface area contributed by atoms with Gasteiger partial charge in [-0.05, 0) is 49.0 Å². The van der Waals surface area contributed by atoms with E-state index in [4.69, 9.17) is 5.73 Å². The van der Waals surface area contributed by atoms with Crippen LogP contribution in [0, 0.1) is 23.2 Å². The van der Waals surface area contributed by atoms with Crippen LogP contribution in [0.1, 0.15) is 39.5 Å². The van der Waals surface area contributed by atoms with Gasteiger partial charge in [0.15, 0.2) is 0 Å². The van der Waals surface area contributed by atoms with E-state index in [9.17, 15) is 0 Å². The van der Waals surface area contributed by atoms with Crippen molar-refractivity contribution in [2.45, 2.75) is 39.5 Å². The number of hydrogen-bond acceptors (Lipinski definition) is 1. The summed E-state index contributed by atoms with van der Waals surface area (Å²) in [6, 6.07) is 0. The molecule has 0 heterocycles. The third kappa shape index (κ3) is 1.10. The summed E-state index contributed by atoms with van der Waals surface area (Å²) in [6.45, 7) is 5.68. The van der Waals surface area contributed by atoms with Gasteiger partial charge in [0.25, 0.3) is 0 Å². The van der Waals surface area contributed by atoms with Crippen molar-refractivity contribution in [3.8, 4) is 0 Å². The van der Waals surface area contributed by atoms with Crippen LogP contribution in [-0.2, 0) is 0 Å². The summed E-state index contributed by atoms with van der Waals surface area (Å²) in [6.07, 6.45) is 5.91. The van der Waals surface area contributed by atoms with Crippen molar-refractivity contribution in [2.75, 3.05) is 6.54 Å². The Balaban J connectivity index is 1.90. The van der Waals surface area contributed by atoms with Crippen LogP contribution in [0.15, 0.2) is 0 Å². The van der Waals surface area contributed by atoms with Crippen molar-refractivity contribution >= 4 is 0 Å². The van der Waals surface area contributed by atoms with E-state index in [0.29, 0.717) is 5.41 Å². The number of hydrogen-bond donors (Lipinski definition) is 1. The summed E-state index contributed by atoms with van der Waals surface area (Å²) in [5, 5.41) is 0. The van der Waals surface area contributed by atoms with E-state index in [2.05, 4.69) is 13.8 Å². The molecule has 0 aromatic heterocycles. The smallest absolute Gasteiger partial charge is 0.00486 e. The lowest BCUT2D eigenvalue weighted by Gasteiger charge is -2.33. The van der Waals surface area contributed by atoms with Gasteiger partial charge < -0.3 is 5.73 Å². The third-order valence-electron chi connectivity index (χ3n) is 4.44. The minimum absolute atomic E-state index is 0.705. The quantitative estimate of drug-likeness (QED) is 0.686. The first kappa shape index (κ1) is 8.55. The molecule has 0 aromatic carbocycles. The predicted octanol–water partition coefficient (Wildman–Crippen LogP) is 2.41. The van der Waals surface area contributed by atoms with E-state index in [0.717, 1.165) is 24.3 Å². The fraction of sp³-hybridized carbons (Fsp3) is 1.00. The Kier molecular flexibility index (Phi) is 1.95. The lowest BCUT2D eigenvalue weighted by Crippen LogP contribution is -2.25. The van der Waals surface area contributed by atoms with Crippen LogP contribution in [0.25, 0.3) is 0 Å². The SMILES string of the molecule is CC(CN)C1CC1(C)C1CCC1. The van der Waals surface area contributed by atoms with Crippen molar-refractivity contribution < 1.29 is 0 Å². The van der Waals surface area contributed by atoms with Crippen LogP contribution in [0.4, 0.5) is 0 Å². The van der Waals surface area contributed by atoms with E-state index in [1.807, 2.05) is 0 Å². The highest BCUT2D eigenvalue weighted by Gasteiger charge is 2.57. The molecule has 0 amide bonds. The zero-order valence-electron chi connectivity index (χ0n) is 8.34. The van der Waals surface area contributed by atoms with Crippen LogP contribution < -0.4 is 5.73 Å². The maximum atomic E-state index is 5.69. The third-order valence-corrected chi connectivity index (χ3v) is 4.44. The lowest BCUT2D eigenvalue weighted by molar-refractivity contribution is 0.173. The molecule has 0 bridgehead atoms. The van der Waals surface area contributed by atoms with Crippen molar-refractivity contribution in [3.63, 3.8) is 0 Å². The van der Waals surface area contributed by atoms with Gasteiger partial charge in [0, 0.05) is 0 Å². The van der Waals surface area contributed by atoms with Crippen LogP contribution >= 0.6 is 0 Å². The van der Waals surface area contributed by atoms with Gasteiger partial charge in [-0.1, -0.05) is 20.3 Å². The molecule has 0 aliphatic heterocycles. The second-order valence-corrected chi connectivity index (χ2v) is 5.16. The molecule has 0 aromatic rings. The highest BCUT2D eigenvalue weighted by molar-refractivity contribution is 5.06. The van der Waals surface area contributed by atoms with Crippen LogP contribution in [0.2, 0.25) is 0 Å². The summed E-state index contributed by atoms with van der Waals surface area (Å²) in [4.78, 5) is 0. The molecular formula is C11H21N. The molecule has 2 fully saturated rings. The van der Waals surface area contributed by atoms with Gasteiger partial charge in [-0.15, -0.1) is 0 Å². The Morgan fingerprint density at radius 2 is 2.17 bits per heavy atom. The first-order chi connectivity index (χ1) is 5.68. The number of rotatable bonds is 3. The minimum atomic E-state index is 0.705. The Hall–Kier alpha value is -0.0400. The first-order valence-corrected chi connectivity index (χ1v) is 5.38. The Bertz CT molecular complexity index is 174. The largest absolute Gasteiger partial charge is 0.330 e. The molecule has 12 heavy (non-hydrogen) atoms. The molecule has 2 aliphatic carbocycles. The molecule has 2 N–H and O–H groups in total. The lowest BCUT2D eigenvalue weighted by atomic mass is 9.72. The summed E-state index contributed by atoms with van der Waals surface area (Å²) in [7, 11) is 0. The van der Waals surface area contributed by atoms with Crippen LogP contribution in [0.3, 0.4) is 0 Å². The van der Waals surface area contributed by atoms with E-state index in [1.54, 1.807) is 0 Å². The Morgan fingerprint density at radius 1 is 1.50 bits per heavy atom. The van der Waals surface area contributed by atoms with Crippen molar-refractivity contribution in [1.82, 2.24) is 0 Å². The molecule has 2 rings (SSSR count). The second-order valence-electron chi connectivity index (χ2n) is 5.16. The average Bonchev–Trinajstić information content (AvgIpc) is 2.57. The van der Waals surface area contributed by atoms with Gasteiger partial charge in [0.05, 0.1) is 0 Å². The fourth-order valence-electron chi connectivity index (χ4n) is 2.97. The Labute approximate surface area is 75.7 Å². The molecule has 0 spiro atoms. The van der Waals surface area contributed by atoms with E-state index in [1.165, 1.54) is 25.7 Å². The minimum Gasteiger partial charge on any atom is -0.330 e. The van der Waals surface area contributed by atoms with Crippen molar-refractivity contribution in [1.29, 1.82) is 0 Å². The summed E-state index contributed by atoms with van der Waals surface area (Å²) in [5.41, 5.74) is 6.40. The standard InChI is InChI=1S/C11H21N/c1-8(7-12)10-6-11(10,2)9-4-3-5-9/h8-10H,3-7,12H2,1-2H3. The van der Waals surface area contributed by atoms with Crippen molar-refractivity contribution in [3.05, 3.63) is 0 Å². The fourth-order valence-corrected chi connectivity index (χ4v) is 2.97. The van der Waals surface area contributed by atoms with Gasteiger partial charge in [-0.3, -0.25) is 0 Å². The zero-order valence-corrected chi connectivity index (χ0v) is 8.34. The summed E-state index contributed by atoms with van der Waals surface area (Å²) < 4.78 is 0. The van der Waals surface area contributed by atoms with Gasteiger partial charge in [0.2, 0.25) is 0 Å². The topological polar surface area (TPSA) is 26.0 Å². The first-order valence-electron chi connectivity index (χ1n) is 5.38. The summed E-state index contributed by atoms with van der Waals surface area (Å²) in [5.74, 6) is 2.76. The van der Waals surface area contributed by atoms with E-state index >= 15 is 0 Å². The molecule has 1 heteroatoms. The maximum absolute atomic E-state index is 5.69. The molecule has 2 saturated carbocycles. The maximum Gasteiger partial charge on any atom is -0.00486 e. The molecule has 2 aliphatic rings. The second kappa shape index (κ2) is 2.73. The Morgan fingerprint density at radius 3 is 2.58 bits per heavy atom.